The molecule has 1 aliphatic rings. The average Bonchev–Trinajstić information content (AvgIpc) is 3.03. The molecule has 8 heteroatoms. The summed E-state index contributed by atoms with van der Waals surface area (Å²) in [5, 5.41) is 3.88. The Labute approximate surface area is 201 Å². The largest absolute Gasteiger partial charge is 0.369 e. The van der Waals surface area contributed by atoms with Crippen molar-refractivity contribution in [3.8, 4) is 22.6 Å². The van der Waals surface area contributed by atoms with E-state index in [1.54, 1.807) is 6.07 Å². The molecule has 1 fully saturated rings. The van der Waals surface area contributed by atoms with Crippen molar-refractivity contribution in [3.63, 3.8) is 0 Å². The van der Waals surface area contributed by atoms with Crippen LogP contribution in [-0.2, 0) is 0 Å². The molecule has 0 aliphatic carbocycles. The van der Waals surface area contributed by atoms with Crippen molar-refractivity contribution in [1.29, 1.82) is 0 Å². The van der Waals surface area contributed by atoms with Crippen molar-refractivity contribution < 1.29 is 4.39 Å². The first-order chi connectivity index (χ1) is 16.7. The van der Waals surface area contributed by atoms with Crippen LogP contribution in [-0.4, -0.2) is 45.5 Å². The van der Waals surface area contributed by atoms with E-state index in [2.05, 4.69) is 21.3 Å². The Kier molecular flexibility index (Phi) is 5.36. The summed E-state index contributed by atoms with van der Waals surface area (Å²) in [4.78, 5) is 16.7. The second-order valence-electron chi connectivity index (χ2n) is 8.38. The van der Waals surface area contributed by atoms with Gasteiger partial charge in [0.25, 0.3) is 0 Å². The summed E-state index contributed by atoms with van der Waals surface area (Å²) in [5.74, 6) is -0.381. The number of halogens is 2. The number of imidazole rings is 1. The summed E-state index contributed by atoms with van der Waals surface area (Å²) < 4.78 is 16.8. The first-order valence-electron chi connectivity index (χ1n) is 11.3. The van der Waals surface area contributed by atoms with Gasteiger partial charge in [-0.3, -0.25) is 9.38 Å². The minimum Gasteiger partial charge on any atom is -0.369 e. The number of hydrogen-bond acceptors (Lipinski definition) is 5. The molecule has 4 aromatic heterocycles. The van der Waals surface area contributed by atoms with Crippen LogP contribution in [0.3, 0.4) is 0 Å². The maximum Gasteiger partial charge on any atom is 0.137 e. The first kappa shape index (κ1) is 21.0. The fraction of sp³-hybridized carbons (Fsp3) is 0.192. The van der Waals surface area contributed by atoms with Crippen LogP contribution < -0.4 is 10.2 Å². The quantitative estimate of drug-likeness (QED) is 0.391. The highest BCUT2D eigenvalue weighted by Gasteiger charge is 2.20. The van der Waals surface area contributed by atoms with Gasteiger partial charge in [0.2, 0.25) is 0 Å². The van der Waals surface area contributed by atoms with Gasteiger partial charge < -0.3 is 10.2 Å². The van der Waals surface area contributed by atoms with E-state index in [4.69, 9.17) is 21.6 Å². The number of nitrogens with zero attached hydrogens (tertiary/aromatic N) is 5. The topological polar surface area (TPSA) is 58.4 Å². The zero-order chi connectivity index (χ0) is 23.1. The van der Waals surface area contributed by atoms with Crippen molar-refractivity contribution in [2.45, 2.75) is 6.42 Å². The fourth-order valence-electron chi connectivity index (χ4n) is 4.51. The molecular weight excluding hydrogens is 451 g/mol. The fourth-order valence-corrected chi connectivity index (χ4v) is 4.68. The second-order valence-corrected chi connectivity index (χ2v) is 8.82. The van der Waals surface area contributed by atoms with E-state index in [-0.39, 0.29) is 5.82 Å². The van der Waals surface area contributed by atoms with Crippen LogP contribution in [0.2, 0.25) is 5.02 Å². The van der Waals surface area contributed by atoms with Gasteiger partial charge in [-0.2, -0.15) is 0 Å². The van der Waals surface area contributed by atoms with Crippen LogP contribution in [0.15, 0.2) is 67.0 Å². The molecule has 1 aliphatic heterocycles. The predicted molar refractivity (Wildman–Crippen MR) is 134 cm³/mol. The molecule has 0 bridgehead atoms. The lowest BCUT2D eigenvalue weighted by molar-refractivity contribution is 0.631. The molecule has 6 rings (SSSR count). The molecule has 6 nitrogen and oxygen atoms in total. The molecule has 0 unspecified atom stereocenters. The monoisotopic (exact) mass is 472 g/mol. The zero-order valence-corrected chi connectivity index (χ0v) is 19.1. The summed E-state index contributed by atoms with van der Waals surface area (Å²) >= 11 is 6.21. The molecule has 0 spiro atoms. The van der Waals surface area contributed by atoms with Crippen LogP contribution in [0.5, 0.6) is 0 Å². The Hall–Kier alpha value is -3.55. The van der Waals surface area contributed by atoms with Gasteiger partial charge in [-0.25, -0.2) is 14.4 Å². The summed E-state index contributed by atoms with van der Waals surface area (Å²) in [6, 6.07) is 16.2. The first-order valence-corrected chi connectivity index (χ1v) is 11.7. The Bertz CT molecular complexity index is 1510. The summed E-state index contributed by atoms with van der Waals surface area (Å²) in [7, 11) is 0. The van der Waals surface area contributed by atoms with Crippen molar-refractivity contribution in [1.82, 2.24) is 24.7 Å². The van der Waals surface area contributed by atoms with Gasteiger partial charge >= 0.3 is 0 Å². The molecule has 34 heavy (non-hydrogen) atoms. The molecule has 0 atom stereocenters. The highest BCUT2D eigenvalue weighted by Crippen LogP contribution is 2.35. The van der Waals surface area contributed by atoms with E-state index in [0.717, 1.165) is 49.3 Å². The number of fused-ring (bicyclic) bond motifs is 2. The molecule has 1 N–H and O–H groups in total. The zero-order valence-electron chi connectivity index (χ0n) is 18.4. The van der Waals surface area contributed by atoms with Crippen LogP contribution in [0.4, 0.5) is 10.1 Å². The molecular formula is C26H22ClFN6. The highest BCUT2D eigenvalue weighted by molar-refractivity contribution is 6.30. The normalized spacial score (nSPS) is 14.6. The third-order valence-electron chi connectivity index (χ3n) is 6.18. The minimum absolute atomic E-state index is 0.344. The minimum atomic E-state index is -0.381. The molecule has 5 heterocycles. The van der Waals surface area contributed by atoms with E-state index < -0.39 is 0 Å². The van der Waals surface area contributed by atoms with Crippen molar-refractivity contribution in [3.05, 3.63) is 77.8 Å². The van der Waals surface area contributed by atoms with Gasteiger partial charge in [0.15, 0.2) is 0 Å². The second kappa shape index (κ2) is 8.66. The van der Waals surface area contributed by atoms with Crippen molar-refractivity contribution in [2.75, 3.05) is 31.1 Å². The van der Waals surface area contributed by atoms with E-state index in [0.29, 0.717) is 33.3 Å². The number of pyridine rings is 3. The third-order valence-corrected chi connectivity index (χ3v) is 6.42. The number of hydrogen-bond donors (Lipinski definition) is 1. The van der Waals surface area contributed by atoms with Crippen LogP contribution in [0, 0.1) is 5.82 Å². The number of nitrogens with one attached hydrogen (secondary N) is 1. The standard InChI is InChI=1S/C26H22ClFN6/c27-17-5-6-20(28)19(14-17)25-26(34-12-2-1-4-24(34)32-25)22-8-7-21-23(31-22)15-18(16-30-21)33-11-3-9-29-10-13-33/h1-2,4-8,12,14-16,29H,3,9-11,13H2. The molecule has 5 aromatic rings. The maximum atomic E-state index is 14.9. The Balaban J connectivity index is 1.53. The Morgan fingerprint density at radius 1 is 0.941 bits per heavy atom. The third kappa shape index (κ3) is 3.77. The molecule has 0 amide bonds. The van der Waals surface area contributed by atoms with Crippen LogP contribution in [0.1, 0.15) is 6.42 Å². The van der Waals surface area contributed by atoms with Gasteiger partial charge in [0.1, 0.15) is 17.2 Å². The predicted octanol–water partition coefficient (Wildman–Crippen LogP) is 5.20. The summed E-state index contributed by atoms with van der Waals surface area (Å²) in [5.41, 5.74) is 5.61. The number of benzene rings is 1. The van der Waals surface area contributed by atoms with E-state index in [9.17, 15) is 4.39 Å². The lowest BCUT2D eigenvalue weighted by atomic mass is 10.1. The average molecular weight is 473 g/mol. The number of rotatable bonds is 3. The van der Waals surface area contributed by atoms with Gasteiger partial charge in [-0.1, -0.05) is 17.7 Å². The number of anilines is 1. The molecule has 0 radical (unpaired) electrons. The van der Waals surface area contributed by atoms with Crippen molar-refractivity contribution in [2.24, 2.45) is 0 Å². The Morgan fingerprint density at radius 3 is 2.82 bits per heavy atom. The van der Waals surface area contributed by atoms with Gasteiger partial charge in [-0.15, -0.1) is 0 Å². The van der Waals surface area contributed by atoms with Gasteiger partial charge in [0.05, 0.1) is 34.3 Å². The Morgan fingerprint density at radius 2 is 1.88 bits per heavy atom. The summed E-state index contributed by atoms with van der Waals surface area (Å²) in [6.07, 6.45) is 4.91. The molecule has 0 saturated carbocycles. The lowest BCUT2D eigenvalue weighted by Crippen LogP contribution is -2.27. The van der Waals surface area contributed by atoms with E-state index >= 15 is 0 Å². The summed E-state index contributed by atoms with van der Waals surface area (Å²) in [6.45, 7) is 3.88. The molecule has 170 valence electrons. The number of aromatic nitrogens is 4. The highest BCUT2D eigenvalue weighted by atomic mass is 35.5. The van der Waals surface area contributed by atoms with Crippen molar-refractivity contribution >= 4 is 34.0 Å². The molecule has 1 saturated heterocycles. The maximum absolute atomic E-state index is 14.9. The van der Waals surface area contributed by atoms with Gasteiger partial charge in [-0.05, 0) is 61.5 Å². The molecule has 1 aromatic carbocycles. The van der Waals surface area contributed by atoms with E-state index in [1.165, 1.54) is 12.1 Å². The smallest absolute Gasteiger partial charge is 0.137 e. The van der Waals surface area contributed by atoms with Crippen LogP contribution >= 0.6 is 11.6 Å². The van der Waals surface area contributed by atoms with Crippen LogP contribution in [0.25, 0.3) is 39.3 Å². The lowest BCUT2D eigenvalue weighted by Gasteiger charge is -2.22. The van der Waals surface area contributed by atoms with E-state index in [1.807, 2.05) is 47.1 Å². The van der Waals surface area contributed by atoms with Gasteiger partial charge in [0, 0.05) is 36.4 Å². The SMILES string of the molecule is Fc1ccc(Cl)cc1-c1nc2ccccn2c1-c1ccc2ncc(N3CCCNCC3)cc2n1.